The van der Waals surface area contributed by atoms with Crippen LogP contribution < -0.4 is 0 Å². The van der Waals surface area contributed by atoms with Crippen molar-refractivity contribution in [3.05, 3.63) is 0 Å². The second-order valence-electron chi connectivity index (χ2n) is 6.70. The van der Waals surface area contributed by atoms with Crippen LogP contribution in [0.1, 0.15) is 51.4 Å². The quantitative estimate of drug-likeness (QED) is 0.842. The molecule has 0 bridgehead atoms. The highest BCUT2D eigenvalue weighted by Crippen LogP contribution is 2.42. The fourth-order valence-corrected chi connectivity index (χ4v) is 3.79. The molecule has 2 nitrogen and oxygen atoms in total. The molecule has 2 aliphatic carbocycles. The van der Waals surface area contributed by atoms with E-state index in [1.54, 1.807) is 0 Å². The normalized spacial score (nSPS) is 41.2. The van der Waals surface area contributed by atoms with Crippen LogP contribution in [-0.2, 0) is 0 Å². The molecule has 3 fully saturated rings. The SMILES string of the molecule is OC1(CC2CCCC(F)(F)C2)CCN(C2CC2)C1. The lowest BCUT2D eigenvalue weighted by Gasteiger charge is -2.34. The number of hydrogen-bond donors (Lipinski definition) is 1. The number of halogens is 2. The summed E-state index contributed by atoms with van der Waals surface area (Å²) in [5.74, 6) is -2.48. The van der Waals surface area contributed by atoms with E-state index in [-0.39, 0.29) is 18.8 Å². The highest BCUT2D eigenvalue weighted by molar-refractivity contribution is 4.98. The molecule has 18 heavy (non-hydrogen) atoms. The van der Waals surface area contributed by atoms with Crippen LogP contribution in [0.25, 0.3) is 0 Å². The Bertz CT molecular complexity index is 319. The van der Waals surface area contributed by atoms with E-state index in [2.05, 4.69) is 4.90 Å². The van der Waals surface area contributed by atoms with Gasteiger partial charge in [0, 0.05) is 32.0 Å². The smallest absolute Gasteiger partial charge is 0.248 e. The molecule has 3 rings (SSSR count). The predicted molar refractivity (Wildman–Crippen MR) is 65.7 cm³/mol. The molecule has 0 aromatic rings. The number of likely N-dealkylation sites (tertiary alicyclic amines) is 1. The van der Waals surface area contributed by atoms with Crippen molar-refractivity contribution in [3.63, 3.8) is 0 Å². The van der Waals surface area contributed by atoms with Crippen molar-refractivity contribution in [2.45, 2.75) is 68.9 Å². The van der Waals surface area contributed by atoms with Crippen LogP contribution in [0.15, 0.2) is 0 Å². The average Bonchev–Trinajstić information content (AvgIpc) is 3.02. The third kappa shape index (κ3) is 2.85. The molecule has 0 aromatic heterocycles. The first-order valence-electron chi connectivity index (χ1n) is 7.30. The minimum absolute atomic E-state index is 0.0119. The van der Waals surface area contributed by atoms with Crippen molar-refractivity contribution in [2.75, 3.05) is 13.1 Å². The van der Waals surface area contributed by atoms with Gasteiger partial charge in [0.2, 0.25) is 5.92 Å². The standard InChI is InChI=1S/C14H23F2NO/c15-14(16)5-1-2-11(9-14)8-13(18)6-7-17(10-13)12-3-4-12/h11-12,18H,1-10H2. The van der Waals surface area contributed by atoms with Crippen LogP contribution >= 0.6 is 0 Å². The van der Waals surface area contributed by atoms with Crippen LogP contribution in [-0.4, -0.2) is 40.7 Å². The summed E-state index contributed by atoms with van der Waals surface area (Å²) in [5, 5.41) is 10.6. The molecule has 4 heteroatoms. The predicted octanol–water partition coefficient (Wildman–Crippen LogP) is 2.80. The number of β-amino-alcohol motifs (C(OH)–C–C–N with tert-alkyl or cyclic N) is 1. The number of rotatable bonds is 3. The number of aliphatic hydroxyl groups is 1. The molecule has 1 aliphatic heterocycles. The fourth-order valence-electron chi connectivity index (χ4n) is 3.79. The molecule has 2 atom stereocenters. The second kappa shape index (κ2) is 4.41. The van der Waals surface area contributed by atoms with Gasteiger partial charge in [-0.05, 0) is 44.4 Å². The van der Waals surface area contributed by atoms with Crippen LogP contribution in [0.4, 0.5) is 8.78 Å². The minimum Gasteiger partial charge on any atom is -0.388 e. The Morgan fingerprint density at radius 3 is 2.61 bits per heavy atom. The van der Waals surface area contributed by atoms with E-state index in [1.807, 2.05) is 0 Å². The van der Waals surface area contributed by atoms with Gasteiger partial charge in [0.05, 0.1) is 5.60 Å². The molecule has 0 aromatic carbocycles. The summed E-state index contributed by atoms with van der Waals surface area (Å²) in [6.45, 7) is 1.66. The van der Waals surface area contributed by atoms with E-state index in [0.29, 0.717) is 25.4 Å². The zero-order valence-corrected chi connectivity index (χ0v) is 10.9. The third-order valence-corrected chi connectivity index (χ3v) is 4.84. The van der Waals surface area contributed by atoms with Crippen LogP contribution in [0.2, 0.25) is 0 Å². The van der Waals surface area contributed by atoms with Gasteiger partial charge in [-0.25, -0.2) is 8.78 Å². The number of alkyl halides is 2. The van der Waals surface area contributed by atoms with Gasteiger partial charge in [-0.15, -0.1) is 0 Å². The topological polar surface area (TPSA) is 23.5 Å². The summed E-state index contributed by atoms with van der Waals surface area (Å²) in [7, 11) is 0. The van der Waals surface area contributed by atoms with Gasteiger partial charge >= 0.3 is 0 Å². The number of nitrogens with zero attached hydrogens (tertiary/aromatic N) is 1. The summed E-state index contributed by atoms with van der Waals surface area (Å²) in [6.07, 6.45) is 5.34. The van der Waals surface area contributed by atoms with Gasteiger partial charge in [-0.3, -0.25) is 4.90 Å². The molecule has 1 saturated heterocycles. The lowest BCUT2D eigenvalue weighted by molar-refractivity contribution is -0.0692. The summed E-state index contributed by atoms with van der Waals surface area (Å²) in [4.78, 5) is 2.35. The Morgan fingerprint density at radius 1 is 1.17 bits per heavy atom. The van der Waals surface area contributed by atoms with Crippen LogP contribution in [0.3, 0.4) is 0 Å². The summed E-state index contributed by atoms with van der Waals surface area (Å²) < 4.78 is 26.8. The van der Waals surface area contributed by atoms with Crippen molar-refractivity contribution in [1.29, 1.82) is 0 Å². The van der Waals surface area contributed by atoms with E-state index < -0.39 is 11.5 Å². The molecule has 2 saturated carbocycles. The van der Waals surface area contributed by atoms with Crippen LogP contribution in [0.5, 0.6) is 0 Å². The summed E-state index contributed by atoms with van der Waals surface area (Å²) in [6, 6.07) is 0.673. The highest BCUT2D eigenvalue weighted by atomic mass is 19.3. The molecule has 0 amide bonds. The first-order chi connectivity index (χ1) is 8.46. The Kier molecular flexibility index (Phi) is 3.14. The molecule has 0 spiro atoms. The third-order valence-electron chi connectivity index (χ3n) is 4.84. The fraction of sp³-hybridized carbons (Fsp3) is 1.00. The summed E-state index contributed by atoms with van der Waals surface area (Å²) >= 11 is 0. The Balaban J connectivity index is 1.55. The Morgan fingerprint density at radius 2 is 1.94 bits per heavy atom. The van der Waals surface area contributed by atoms with Gasteiger partial charge in [0.1, 0.15) is 0 Å². The monoisotopic (exact) mass is 259 g/mol. The van der Waals surface area contributed by atoms with Gasteiger partial charge in [0.25, 0.3) is 0 Å². The Hall–Kier alpha value is -0.220. The molecule has 2 unspecified atom stereocenters. The number of hydrogen-bond acceptors (Lipinski definition) is 2. The molecule has 0 radical (unpaired) electrons. The van der Waals surface area contributed by atoms with Crippen LogP contribution in [0, 0.1) is 5.92 Å². The molecule has 1 N–H and O–H groups in total. The zero-order valence-electron chi connectivity index (χ0n) is 10.9. The van der Waals surface area contributed by atoms with E-state index in [9.17, 15) is 13.9 Å². The van der Waals surface area contributed by atoms with Crippen molar-refractivity contribution < 1.29 is 13.9 Å². The van der Waals surface area contributed by atoms with Crippen molar-refractivity contribution >= 4 is 0 Å². The van der Waals surface area contributed by atoms with Crippen molar-refractivity contribution in [2.24, 2.45) is 5.92 Å². The maximum Gasteiger partial charge on any atom is 0.248 e. The van der Waals surface area contributed by atoms with Gasteiger partial charge in [-0.2, -0.15) is 0 Å². The first-order valence-corrected chi connectivity index (χ1v) is 7.30. The minimum atomic E-state index is -2.49. The largest absolute Gasteiger partial charge is 0.388 e. The second-order valence-corrected chi connectivity index (χ2v) is 6.70. The van der Waals surface area contributed by atoms with E-state index in [1.165, 1.54) is 12.8 Å². The maximum atomic E-state index is 13.4. The van der Waals surface area contributed by atoms with Crippen molar-refractivity contribution in [3.8, 4) is 0 Å². The molecular formula is C14H23F2NO. The maximum absolute atomic E-state index is 13.4. The van der Waals surface area contributed by atoms with E-state index in [4.69, 9.17) is 0 Å². The summed E-state index contributed by atoms with van der Waals surface area (Å²) in [5.41, 5.74) is -0.694. The van der Waals surface area contributed by atoms with Crippen molar-refractivity contribution in [1.82, 2.24) is 4.90 Å². The first kappa shape index (κ1) is 12.8. The molecule has 3 aliphatic rings. The molecular weight excluding hydrogens is 236 g/mol. The highest BCUT2D eigenvalue weighted by Gasteiger charge is 2.45. The van der Waals surface area contributed by atoms with Gasteiger partial charge in [0.15, 0.2) is 0 Å². The lowest BCUT2D eigenvalue weighted by atomic mass is 9.79. The zero-order chi connectivity index (χ0) is 12.8. The Labute approximate surface area is 107 Å². The van der Waals surface area contributed by atoms with E-state index in [0.717, 1.165) is 19.4 Å². The van der Waals surface area contributed by atoms with Gasteiger partial charge < -0.3 is 5.11 Å². The lowest BCUT2D eigenvalue weighted by Crippen LogP contribution is -2.38. The van der Waals surface area contributed by atoms with Gasteiger partial charge in [-0.1, -0.05) is 0 Å². The molecule has 1 heterocycles. The average molecular weight is 259 g/mol. The molecule has 104 valence electrons. The van der Waals surface area contributed by atoms with E-state index >= 15 is 0 Å².